The number of aliphatic hydroxyl groups is 1. The van der Waals surface area contributed by atoms with Gasteiger partial charge in [0.2, 0.25) is 5.91 Å². The number of aryl methyl sites for hydroxylation is 1. The van der Waals surface area contributed by atoms with Gasteiger partial charge in [-0.2, -0.15) is 0 Å². The van der Waals surface area contributed by atoms with Crippen molar-refractivity contribution in [1.82, 2.24) is 25.1 Å². The number of nitrogens with one attached hydrogen (secondary N) is 2. The lowest BCUT2D eigenvalue weighted by molar-refractivity contribution is -0.129. The SMILES string of the molecule is CC(=O)N1CCC(Nc2cc(C(=O)NC[C@@H](O)CN3CCc4c(C)c(OCc5ocnc5C)cc(F)c4C3)cc(N3CCCCC3)n2)CC1. The maximum atomic E-state index is 15.3. The summed E-state index contributed by atoms with van der Waals surface area (Å²) in [6.45, 7) is 10.1. The normalized spacial score (nSPS) is 17.8. The lowest BCUT2D eigenvalue weighted by Crippen LogP contribution is -2.42. The lowest BCUT2D eigenvalue weighted by atomic mass is 9.93. The van der Waals surface area contributed by atoms with Crippen LogP contribution in [0.3, 0.4) is 0 Å². The van der Waals surface area contributed by atoms with E-state index < -0.39 is 6.10 Å². The summed E-state index contributed by atoms with van der Waals surface area (Å²) in [5.74, 6) is 1.97. The number of likely N-dealkylation sites (tertiary alicyclic amines) is 1. The van der Waals surface area contributed by atoms with Crippen molar-refractivity contribution in [2.75, 3.05) is 56.0 Å². The fourth-order valence-corrected chi connectivity index (χ4v) is 7.05. The van der Waals surface area contributed by atoms with Crippen LogP contribution in [0.2, 0.25) is 0 Å². The van der Waals surface area contributed by atoms with Crippen molar-refractivity contribution in [3.05, 3.63) is 64.1 Å². The Morgan fingerprint density at radius 1 is 1.08 bits per heavy atom. The molecule has 49 heavy (non-hydrogen) atoms. The number of halogens is 1. The van der Waals surface area contributed by atoms with E-state index in [4.69, 9.17) is 14.1 Å². The number of aromatic nitrogens is 2. The molecule has 0 spiro atoms. The number of β-amino-alcohol motifs (C(OH)–C–C–N with tert-alkyl or cyclic N) is 1. The third-order valence-corrected chi connectivity index (χ3v) is 10.0. The Balaban J connectivity index is 1.05. The summed E-state index contributed by atoms with van der Waals surface area (Å²) < 4.78 is 26.6. The summed E-state index contributed by atoms with van der Waals surface area (Å²) in [6.07, 6.45) is 6.12. The first-order valence-electron chi connectivity index (χ1n) is 17.4. The Morgan fingerprint density at radius 2 is 1.86 bits per heavy atom. The molecule has 1 aromatic carbocycles. The molecule has 2 saturated heterocycles. The zero-order valence-corrected chi connectivity index (χ0v) is 28.8. The van der Waals surface area contributed by atoms with E-state index in [2.05, 4.69) is 20.5 Å². The van der Waals surface area contributed by atoms with Crippen LogP contribution < -0.4 is 20.3 Å². The van der Waals surface area contributed by atoms with Gasteiger partial charge in [-0.05, 0) is 75.6 Å². The van der Waals surface area contributed by atoms with Gasteiger partial charge in [-0.1, -0.05) is 0 Å². The van der Waals surface area contributed by atoms with Gasteiger partial charge in [0, 0.05) is 82.5 Å². The quantitative estimate of drug-likeness (QED) is 0.274. The van der Waals surface area contributed by atoms with Crippen LogP contribution in [0.4, 0.5) is 16.0 Å². The van der Waals surface area contributed by atoms with Crippen molar-refractivity contribution in [3.63, 3.8) is 0 Å². The molecule has 2 fully saturated rings. The number of anilines is 2. The van der Waals surface area contributed by atoms with E-state index in [1.54, 1.807) is 13.0 Å². The zero-order valence-electron chi connectivity index (χ0n) is 28.8. The molecule has 0 radical (unpaired) electrons. The first-order valence-corrected chi connectivity index (χ1v) is 17.4. The summed E-state index contributed by atoms with van der Waals surface area (Å²) in [5, 5.41) is 17.4. The topological polar surface area (TPSA) is 136 Å². The molecule has 13 heteroatoms. The van der Waals surface area contributed by atoms with Crippen molar-refractivity contribution in [1.29, 1.82) is 0 Å². The molecule has 1 atom stereocenters. The standard InChI is InChI=1S/C36H48FN7O5/c1-23-29-9-12-42(20-30(29)31(37)17-32(23)48-21-33-24(2)39-22-49-33)19-28(46)18-38-36(47)26-15-34(40-27-7-13-43(14-8-27)25(3)45)41-35(16-26)44-10-5-4-6-11-44/h15-17,22,27-28,46H,4-14,18-21H2,1-3H3,(H,38,47)(H,40,41)/t28-/m1/s1. The minimum absolute atomic E-state index is 0.0607. The molecule has 3 aromatic rings. The Labute approximate surface area is 287 Å². The van der Waals surface area contributed by atoms with Gasteiger partial charge in [0.05, 0.1) is 11.8 Å². The number of hydrogen-bond donors (Lipinski definition) is 3. The number of aliphatic hydroxyl groups excluding tert-OH is 1. The number of pyridine rings is 1. The zero-order chi connectivity index (χ0) is 34.5. The van der Waals surface area contributed by atoms with Crippen LogP contribution in [0.1, 0.15) is 77.5 Å². The second kappa shape index (κ2) is 15.5. The molecular weight excluding hydrogens is 629 g/mol. The van der Waals surface area contributed by atoms with E-state index in [0.29, 0.717) is 67.6 Å². The van der Waals surface area contributed by atoms with Crippen LogP contribution >= 0.6 is 0 Å². The van der Waals surface area contributed by atoms with E-state index in [1.165, 1.54) is 18.9 Å². The van der Waals surface area contributed by atoms with Crippen molar-refractivity contribution in [3.8, 4) is 5.75 Å². The molecule has 0 bridgehead atoms. The molecule has 12 nitrogen and oxygen atoms in total. The van der Waals surface area contributed by atoms with Gasteiger partial charge in [-0.25, -0.2) is 14.4 Å². The largest absolute Gasteiger partial charge is 0.485 e. The van der Waals surface area contributed by atoms with Crippen LogP contribution in [0.25, 0.3) is 0 Å². The lowest BCUT2D eigenvalue weighted by Gasteiger charge is -2.33. The first-order chi connectivity index (χ1) is 23.6. The van der Waals surface area contributed by atoms with Gasteiger partial charge in [0.25, 0.3) is 5.91 Å². The summed E-state index contributed by atoms with van der Waals surface area (Å²) in [4.78, 5) is 40.2. The number of hydrogen-bond acceptors (Lipinski definition) is 10. The van der Waals surface area contributed by atoms with Gasteiger partial charge in [-0.15, -0.1) is 0 Å². The molecule has 2 aromatic heterocycles. The Kier molecular flexibility index (Phi) is 11.0. The van der Waals surface area contributed by atoms with Crippen LogP contribution in [0.5, 0.6) is 5.75 Å². The summed E-state index contributed by atoms with van der Waals surface area (Å²) in [6, 6.07) is 5.17. The van der Waals surface area contributed by atoms with Crippen molar-refractivity contribution in [2.24, 2.45) is 0 Å². The van der Waals surface area contributed by atoms with E-state index in [0.717, 1.165) is 61.4 Å². The maximum absolute atomic E-state index is 15.3. The predicted octanol–water partition coefficient (Wildman–Crippen LogP) is 3.97. The molecule has 0 saturated carbocycles. The van der Waals surface area contributed by atoms with Gasteiger partial charge in [0.1, 0.15) is 29.8 Å². The van der Waals surface area contributed by atoms with Gasteiger partial charge in [0.15, 0.2) is 12.2 Å². The number of fused-ring (bicyclic) bond motifs is 1. The molecule has 3 aliphatic rings. The summed E-state index contributed by atoms with van der Waals surface area (Å²) in [7, 11) is 0. The first kappa shape index (κ1) is 34.6. The number of oxazole rings is 1. The molecular formula is C36H48FN7O5. The fourth-order valence-electron chi connectivity index (χ4n) is 7.05. The average Bonchev–Trinajstić information content (AvgIpc) is 3.52. The molecule has 0 unspecified atom stereocenters. The van der Waals surface area contributed by atoms with Gasteiger partial charge in [-0.3, -0.25) is 14.5 Å². The predicted molar refractivity (Wildman–Crippen MR) is 183 cm³/mol. The Morgan fingerprint density at radius 3 is 2.57 bits per heavy atom. The second-order valence-corrected chi connectivity index (χ2v) is 13.5. The molecule has 264 valence electrons. The number of piperidine rings is 2. The Bertz CT molecular complexity index is 1630. The van der Waals surface area contributed by atoms with Crippen molar-refractivity contribution >= 4 is 23.5 Å². The van der Waals surface area contributed by atoms with E-state index in [1.807, 2.05) is 29.7 Å². The molecule has 3 N–H and O–H groups in total. The summed E-state index contributed by atoms with van der Waals surface area (Å²) >= 11 is 0. The summed E-state index contributed by atoms with van der Waals surface area (Å²) in [5.41, 5.74) is 3.66. The number of benzene rings is 1. The number of amides is 2. The third kappa shape index (κ3) is 8.50. The van der Waals surface area contributed by atoms with Gasteiger partial charge < -0.3 is 34.7 Å². The van der Waals surface area contributed by atoms with Crippen LogP contribution in [-0.2, 0) is 24.4 Å². The average molecular weight is 678 g/mol. The molecule has 3 aliphatic heterocycles. The number of carbonyl (C=O) groups excluding carboxylic acids is 2. The maximum Gasteiger partial charge on any atom is 0.251 e. The number of nitrogens with zero attached hydrogens (tertiary/aromatic N) is 5. The second-order valence-electron chi connectivity index (χ2n) is 13.5. The van der Waals surface area contributed by atoms with Crippen LogP contribution in [0.15, 0.2) is 29.0 Å². The minimum Gasteiger partial charge on any atom is -0.485 e. The number of ether oxygens (including phenoxy) is 1. The van der Waals surface area contributed by atoms with Gasteiger partial charge >= 0.3 is 0 Å². The van der Waals surface area contributed by atoms with E-state index in [-0.39, 0.29) is 36.8 Å². The monoisotopic (exact) mass is 677 g/mol. The smallest absolute Gasteiger partial charge is 0.251 e. The number of rotatable bonds is 11. The van der Waals surface area contributed by atoms with Crippen LogP contribution in [-0.4, -0.2) is 94.6 Å². The highest BCUT2D eigenvalue weighted by molar-refractivity contribution is 5.95. The van der Waals surface area contributed by atoms with Crippen molar-refractivity contribution < 1.29 is 28.2 Å². The highest BCUT2D eigenvalue weighted by Gasteiger charge is 2.26. The van der Waals surface area contributed by atoms with Crippen molar-refractivity contribution in [2.45, 2.75) is 84.6 Å². The van der Waals surface area contributed by atoms with E-state index >= 15 is 4.39 Å². The molecule has 2 amide bonds. The highest BCUT2D eigenvalue weighted by atomic mass is 19.1. The molecule has 6 rings (SSSR count). The molecule has 5 heterocycles. The minimum atomic E-state index is -0.838. The third-order valence-electron chi connectivity index (χ3n) is 10.0. The van der Waals surface area contributed by atoms with E-state index in [9.17, 15) is 14.7 Å². The van der Waals surface area contributed by atoms with Crippen LogP contribution in [0, 0.1) is 19.7 Å². The Hall–Kier alpha value is -4.23. The fraction of sp³-hybridized carbons (Fsp3) is 0.556. The molecule has 0 aliphatic carbocycles. The highest BCUT2D eigenvalue weighted by Crippen LogP contribution is 2.32. The number of carbonyl (C=O) groups is 2.